The number of thiophene rings is 1. The van der Waals surface area contributed by atoms with Crippen molar-refractivity contribution in [2.45, 2.75) is 19.4 Å². The van der Waals surface area contributed by atoms with Gasteiger partial charge in [0.2, 0.25) is 0 Å². The van der Waals surface area contributed by atoms with Crippen LogP contribution in [0.15, 0.2) is 24.3 Å². The zero-order chi connectivity index (χ0) is 15.6. The van der Waals surface area contributed by atoms with E-state index in [-0.39, 0.29) is 12.5 Å². The average molecular weight is 306 g/mol. The maximum absolute atomic E-state index is 12.3. The van der Waals surface area contributed by atoms with Crippen molar-refractivity contribution >= 4 is 27.3 Å². The Morgan fingerprint density at radius 2 is 2.05 bits per heavy atom. The summed E-state index contributed by atoms with van der Waals surface area (Å²) in [5.74, 6) is -0.118. The highest BCUT2D eigenvalue weighted by Gasteiger charge is 2.23. The molecule has 1 aromatic heterocycles. The molecule has 1 amide bonds. The van der Waals surface area contributed by atoms with Gasteiger partial charge in [-0.15, -0.1) is 11.3 Å². The molecule has 2 N–H and O–H groups in total. The summed E-state index contributed by atoms with van der Waals surface area (Å²) in [6, 6.07) is 8.00. The highest BCUT2D eigenvalue weighted by molar-refractivity contribution is 7.21. The van der Waals surface area contributed by atoms with Crippen molar-refractivity contribution in [1.82, 2.24) is 10.2 Å². The summed E-state index contributed by atoms with van der Waals surface area (Å²) in [6.07, 6.45) is 0. The topological polar surface area (TPSA) is 52.6 Å². The van der Waals surface area contributed by atoms with E-state index in [1.54, 1.807) is 6.92 Å². The number of amides is 1. The molecule has 0 saturated heterocycles. The summed E-state index contributed by atoms with van der Waals surface area (Å²) in [6.45, 7) is 4.42. The number of aliphatic hydroxyl groups is 1. The summed E-state index contributed by atoms with van der Waals surface area (Å²) < 4.78 is 1.11. The molecule has 5 heteroatoms. The number of nitrogens with zero attached hydrogens (tertiary/aromatic N) is 1. The molecule has 1 atom stereocenters. The fraction of sp³-hybridized carbons (Fsp3) is 0.438. The number of fused-ring (bicyclic) bond motifs is 1. The predicted octanol–water partition coefficient (Wildman–Crippen LogP) is 2.25. The molecule has 0 fully saturated rings. The van der Waals surface area contributed by atoms with Crippen molar-refractivity contribution < 1.29 is 9.90 Å². The monoisotopic (exact) mass is 306 g/mol. The molecular weight excluding hydrogens is 284 g/mol. The number of carbonyl (C=O) groups excluding carboxylic acids is 1. The van der Waals surface area contributed by atoms with Gasteiger partial charge in [-0.25, -0.2) is 0 Å². The van der Waals surface area contributed by atoms with Crippen LogP contribution in [0.5, 0.6) is 0 Å². The molecule has 114 valence electrons. The first kappa shape index (κ1) is 15.9. The second-order valence-electron chi connectivity index (χ2n) is 5.97. The minimum absolute atomic E-state index is 0.118. The minimum atomic E-state index is -0.941. The van der Waals surface area contributed by atoms with Crippen LogP contribution in [0.2, 0.25) is 0 Å². The van der Waals surface area contributed by atoms with Crippen molar-refractivity contribution in [3.8, 4) is 0 Å². The zero-order valence-electron chi connectivity index (χ0n) is 12.9. The Labute approximate surface area is 129 Å². The molecule has 0 bridgehead atoms. The van der Waals surface area contributed by atoms with E-state index in [4.69, 9.17) is 0 Å². The molecule has 2 aromatic rings. The predicted molar refractivity (Wildman–Crippen MR) is 88.1 cm³/mol. The number of hydrogen-bond acceptors (Lipinski definition) is 4. The molecule has 0 aliphatic rings. The maximum Gasteiger partial charge on any atom is 0.261 e. The number of carbonyl (C=O) groups is 1. The van der Waals surface area contributed by atoms with E-state index in [9.17, 15) is 9.90 Å². The van der Waals surface area contributed by atoms with Gasteiger partial charge < -0.3 is 15.3 Å². The molecule has 1 heterocycles. The van der Waals surface area contributed by atoms with Gasteiger partial charge in [0, 0.05) is 17.8 Å². The first-order valence-electron chi connectivity index (χ1n) is 6.93. The largest absolute Gasteiger partial charge is 0.387 e. The molecule has 1 aromatic carbocycles. The van der Waals surface area contributed by atoms with E-state index in [1.807, 2.05) is 50.2 Å². The van der Waals surface area contributed by atoms with Crippen LogP contribution in [0.3, 0.4) is 0 Å². The third kappa shape index (κ3) is 3.81. The van der Waals surface area contributed by atoms with E-state index in [1.165, 1.54) is 11.3 Å². The molecule has 1 unspecified atom stereocenters. The lowest BCUT2D eigenvalue weighted by molar-refractivity contribution is 0.0326. The quantitative estimate of drug-likeness (QED) is 0.891. The van der Waals surface area contributed by atoms with E-state index < -0.39 is 5.60 Å². The van der Waals surface area contributed by atoms with E-state index in [0.29, 0.717) is 6.54 Å². The Hall–Kier alpha value is -1.43. The van der Waals surface area contributed by atoms with Crippen LogP contribution in [0.1, 0.15) is 22.2 Å². The average Bonchev–Trinajstić information content (AvgIpc) is 2.73. The molecule has 21 heavy (non-hydrogen) atoms. The summed E-state index contributed by atoms with van der Waals surface area (Å²) in [4.78, 5) is 15.0. The fourth-order valence-corrected chi connectivity index (χ4v) is 3.60. The van der Waals surface area contributed by atoms with E-state index in [2.05, 4.69) is 5.32 Å². The van der Waals surface area contributed by atoms with Crippen LogP contribution in [0.4, 0.5) is 0 Å². The number of benzene rings is 1. The highest BCUT2D eigenvalue weighted by Crippen LogP contribution is 2.30. The van der Waals surface area contributed by atoms with Crippen molar-refractivity contribution in [2.24, 2.45) is 0 Å². The molecular formula is C16H22N2O2S. The second-order valence-corrected chi connectivity index (χ2v) is 7.02. The lowest BCUT2D eigenvalue weighted by atomic mass is 10.1. The van der Waals surface area contributed by atoms with Crippen molar-refractivity contribution in [3.05, 3.63) is 34.7 Å². The minimum Gasteiger partial charge on any atom is -0.387 e. The van der Waals surface area contributed by atoms with Gasteiger partial charge in [0.25, 0.3) is 5.91 Å². The lowest BCUT2D eigenvalue weighted by Gasteiger charge is -2.27. The Morgan fingerprint density at radius 3 is 2.67 bits per heavy atom. The Balaban J connectivity index is 2.11. The van der Waals surface area contributed by atoms with Crippen LogP contribution >= 0.6 is 11.3 Å². The molecule has 0 saturated carbocycles. The molecule has 0 radical (unpaired) electrons. The normalized spacial score (nSPS) is 14.4. The van der Waals surface area contributed by atoms with Gasteiger partial charge in [-0.3, -0.25) is 4.79 Å². The summed E-state index contributed by atoms with van der Waals surface area (Å²) in [7, 11) is 3.79. The molecule has 4 nitrogen and oxygen atoms in total. The molecule has 2 rings (SSSR count). The molecule has 0 spiro atoms. The number of aryl methyl sites for hydroxylation is 1. The summed E-state index contributed by atoms with van der Waals surface area (Å²) >= 11 is 1.49. The standard InChI is InChI=1S/C16H22N2O2S/c1-11-12-7-5-6-8-13(12)21-14(11)15(19)17-9-16(2,20)10-18(3)4/h5-8,20H,9-10H2,1-4H3,(H,17,19). The fourth-order valence-electron chi connectivity index (χ4n) is 2.48. The smallest absolute Gasteiger partial charge is 0.261 e. The first-order chi connectivity index (χ1) is 9.80. The van der Waals surface area contributed by atoms with Crippen molar-refractivity contribution in [2.75, 3.05) is 27.2 Å². The van der Waals surface area contributed by atoms with Crippen LogP contribution in [0.25, 0.3) is 10.1 Å². The van der Waals surface area contributed by atoms with Gasteiger partial charge in [-0.05, 0) is 45.0 Å². The third-order valence-electron chi connectivity index (χ3n) is 3.34. The zero-order valence-corrected chi connectivity index (χ0v) is 13.8. The number of likely N-dealkylation sites (N-methyl/N-ethyl adjacent to an activating group) is 1. The van der Waals surface area contributed by atoms with Crippen LogP contribution in [-0.4, -0.2) is 48.7 Å². The van der Waals surface area contributed by atoms with E-state index >= 15 is 0 Å². The highest BCUT2D eigenvalue weighted by atomic mass is 32.1. The number of nitrogens with one attached hydrogen (secondary N) is 1. The van der Waals surface area contributed by atoms with Gasteiger partial charge >= 0.3 is 0 Å². The molecule has 0 aliphatic heterocycles. The van der Waals surface area contributed by atoms with Crippen molar-refractivity contribution in [1.29, 1.82) is 0 Å². The van der Waals surface area contributed by atoms with Gasteiger partial charge in [0.05, 0.1) is 10.5 Å². The lowest BCUT2D eigenvalue weighted by Crippen LogP contribution is -2.47. The number of hydrogen-bond donors (Lipinski definition) is 2. The van der Waals surface area contributed by atoms with Gasteiger partial charge in [-0.2, -0.15) is 0 Å². The van der Waals surface area contributed by atoms with Crippen LogP contribution < -0.4 is 5.32 Å². The Morgan fingerprint density at radius 1 is 1.38 bits per heavy atom. The van der Waals surface area contributed by atoms with Crippen molar-refractivity contribution in [3.63, 3.8) is 0 Å². The maximum atomic E-state index is 12.3. The van der Waals surface area contributed by atoms with Gasteiger partial charge in [0.15, 0.2) is 0 Å². The van der Waals surface area contributed by atoms with Gasteiger partial charge in [-0.1, -0.05) is 18.2 Å². The second kappa shape index (κ2) is 6.13. The Kier molecular flexibility index (Phi) is 4.66. The van der Waals surface area contributed by atoms with E-state index in [0.717, 1.165) is 20.5 Å². The molecule has 0 aliphatic carbocycles. The third-order valence-corrected chi connectivity index (χ3v) is 4.61. The Bertz CT molecular complexity index is 647. The van der Waals surface area contributed by atoms with Gasteiger partial charge in [0.1, 0.15) is 0 Å². The number of rotatable bonds is 5. The SMILES string of the molecule is Cc1c(C(=O)NCC(C)(O)CN(C)C)sc2ccccc12. The summed E-state index contributed by atoms with van der Waals surface area (Å²) in [5.41, 5.74) is 0.0596. The summed E-state index contributed by atoms with van der Waals surface area (Å²) in [5, 5.41) is 14.2. The van der Waals surface area contributed by atoms with Crippen LogP contribution in [0, 0.1) is 6.92 Å². The van der Waals surface area contributed by atoms with Crippen LogP contribution in [-0.2, 0) is 0 Å². The first-order valence-corrected chi connectivity index (χ1v) is 7.75.